The van der Waals surface area contributed by atoms with Crippen LogP contribution in [0.25, 0.3) is 0 Å². The number of hydrogen-bond acceptors (Lipinski definition) is 22. The molecule has 21 atom stereocenters. The van der Waals surface area contributed by atoms with Gasteiger partial charge >= 0.3 is 5.97 Å². The number of aliphatic hydroxyl groups excluding tert-OH is 11. The molecule has 14 N–H and O–H groups in total. The Morgan fingerprint density at radius 1 is 0.767 bits per heavy atom. The molecule has 4 aliphatic rings. The highest BCUT2D eigenvalue weighted by Gasteiger charge is 2.61. The number of nitrogens with one attached hydrogen (secondary N) is 2. The number of ether oxygens (including phenoxy) is 8. The van der Waals surface area contributed by atoms with Crippen LogP contribution in [0.5, 0.6) is 0 Å². The fourth-order valence-corrected chi connectivity index (χ4v) is 7.53. The van der Waals surface area contributed by atoms with Gasteiger partial charge in [0.1, 0.15) is 85.4 Å². The molecule has 0 saturated carbocycles. The van der Waals surface area contributed by atoms with Crippen molar-refractivity contribution in [1.82, 2.24) is 10.6 Å². The zero-order chi connectivity index (χ0) is 44.8. The molecule has 2 amide bonds. The number of carbonyl (C=O) groups is 3. The van der Waals surface area contributed by atoms with Crippen molar-refractivity contribution in [2.45, 2.75) is 175 Å². The molecule has 4 saturated heterocycles. The van der Waals surface area contributed by atoms with E-state index < -0.39 is 172 Å². The molecule has 4 fully saturated rings. The first-order chi connectivity index (χ1) is 28.3. The Morgan fingerprint density at radius 3 is 1.95 bits per heavy atom. The normalized spacial score (nSPS) is 43.5. The maximum absolute atomic E-state index is 13.1. The number of aliphatic hydroxyl groups is 11. The molecule has 0 spiro atoms. The number of carbonyl (C=O) groups excluding carboxylic acids is 2. The summed E-state index contributed by atoms with van der Waals surface area (Å²) < 4.78 is 46.8. The smallest absolute Gasteiger partial charge is 0.364 e. The number of rotatable bonds is 18. The fourth-order valence-electron chi connectivity index (χ4n) is 7.53. The second-order valence-corrected chi connectivity index (χ2v) is 15.1. The fraction of sp³-hybridized carbons (Fsp3) is 0.914. The van der Waals surface area contributed by atoms with Gasteiger partial charge in [0.2, 0.25) is 11.8 Å². The van der Waals surface area contributed by atoms with Gasteiger partial charge in [-0.2, -0.15) is 0 Å². The molecule has 0 aromatic heterocycles. The van der Waals surface area contributed by atoms with Gasteiger partial charge in [0.05, 0.1) is 38.1 Å². The van der Waals surface area contributed by atoms with Crippen LogP contribution in [-0.4, -0.2) is 234 Å². The van der Waals surface area contributed by atoms with Crippen LogP contribution in [0.15, 0.2) is 0 Å². The van der Waals surface area contributed by atoms with Gasteiger partial charge in [-0.1, -0.05) is 6.92 Å². The molecular formula is C35H60N2O23. The van der Waals surface area contributed by atoms with Crippen LogP contribution in [0.2, 0.25) is 0 Å². The van der Waals surface area contributed by atoms with Gasteiger partial charge in [-0.15, -0.1) is 0 Å². The van der Waals surface area contributed by atoms with E-state index in [4.69, 9.17) is 37.9 Å². The first kappa shape index (κ1) is 50.3. The molecule has 0 aliphatic carbocycles. The Bertz CT molecular complexity index is 1400. The standard InChI is InChI=1S/C35H60N2O23/c1-5-7-18(44)37-20-29(58-32-25(49)24(48)21(45)12(3)54-32)27(17(11-40)56-31(20)53-6-2)57-33-26(50)30(23(47)16(10-39)55-33)60-35(34(51)52)8-14(42)19(36-13(4)41)28(59-35)22(46)15(43)9-38/h12,14-17,19-33,38-40,42-43,45-50H,5-11H2,1-4H3,(H,36,41)(H,37,44)(H,51,52)/t12-,14-,15+,16+,17+,19+,20+,21+,22+,23-,24+,25-,26+,27+,28+,29+,30-,31+,32-,33-,35-/m0/s1. The first-order valence-corrected chi connectivity index (χ1v) is 19.6. The third-order valence-electron chi connectivity index (χ3n) is 10.7. The largest absolute Gasteiger partial charge is 0.477 e. The Labute approximate surface area is 343 Å². The van der Waals surface area contributed by atoms with Crippen molar-refractivity contribution in [3.8, 4) is 0 Å². The molecule has 0 bridgehead atoms. The molecule has 25 nitrogen and oxygen atoms in total. The summed E-state index contributed by atoms with van der Waals surface area (Å²) in [4.78, 5) is 38.0. The predicted octanol–water partition coefficient (Wildman–Crippen LogP) is -7.40. The Morgan fingerprint density at radius 2 is 1.38 bits per heavy atom. The zero-order valence-electron chi connectivity index (χ0n) is 33.4. The lowest BCUT2D eigenvalue weighted by atomic mass is 9.88. The van der Waals surface area contributed by atoms with Gasteiger partial charge in [-0.25, -0.2) is 4.79 Å². The molecule has 4 heterocycles. The van der Waals surface area contributed by atoms with Crippen LogP contribution in [0, 0.1) is 0 Å². The Kier molecular flexibility index (Phi) is 18.3. The minimum absolute atomic E-state index is 0.00422. The third-order valence-corrected chi connectivity index (χ3v) is 10.7. The molecule has 0 radical (unpaired) electrons. The summed E-state index contributed by atoms with van der Waals surface area (Å²) in [7, 11) is 0. The Balaban J connectivity index is 1.75. The topological polar surface area (TPSA) is 392 Å². The highest BCUT2D eigenvalue weighted by atomic mass is 16.8. The van der Waals surface area contributed by atoms with E-state index in [1.807, 2.05) is 0 Å². The highest BCUT2D eigenvalue weighted by Crippen LogP contribution is 2.39. The van der Waals surface area contributed by atoms with Crippen LogP contribution in [0.1, 0.15) is 47.0 Å². The molecular weight excluding hydrogens is 816 g/mol. The summed E-state index contributed by atoms with van der Waals surface area (Å²) in [6, 6.07) is -2.97. The number of aliphatic carboxylic acids is 1. The summed E-state index contributed by atoms with van der Waals surface area (Å²) in [6.45, 7) is 2.73. The van der Waals surface area contributed by atoms with Gasteiger partial charge in [0, 0.05) is 26.4 Å². The van der Waals surface area contributed by atoms with E-state index in [9.17, 15) is 75.7 Å². The number of carboxylic acid groups (broad SMARTS) is 1. The first-order valence-electron chi connectivity index (χ1n) is 19.6. The van der Waals surface area contributed by atoms with E-state index in [-0.39, 0.29) is 13.0 Å². The number of hydrogen-bond donors (Lipinski definition) is 14. The van der Waals surface area contributed by atoms with Crippen LogP contribution >= 0.6 is 0 Å². The lowest BCUT2D eigenvalue weighted by Crippen LogP contribution is -2.71. The SMILES string of the molecule is CCCC(=O)N[C@H]1[C@H](OCC)O[C@H](CO)[C@@H](O[C@@H]2O[C@H](CO)[C@H](O)[C@H](O[C@]3(C(=O)O)C[C@H](O)[C@@H](NC(C)=O)[C@H]([C@H](O)[C@H](O)CO)O3)[C@H]2O)[C@@H]1O[C@@H]1O[C@@H](C)[C@@H](O)[C@@H](O)[C@@H]1O. The van der Waals surface area contributed by atoms with Crippen molar-refractivity contribution in [2.24, 2.45) is 0 Å². The highest BCUT2D eigenvalue weighted by molar-refractivity contribution is 5.77. The van der Waals surface area contributed by atoms with Gasteiger partial charge < -0.3 is 110 Å². The van der Waals surface area contributed by atoms with Gasteiger partial charge in [0.25, 0.3) is 5.79 Å². The van der Waals surface area contributed by atoms with E-state index in [1.54, 1.807) is 13.8 Å². The molecule has 0 unspecified atom stereocenters. The van der Waals surface area contributed by atoms with E-state index in [1.165, 1.54) is 6.92 Å². The lowest BCUT2D eigenvalue weighted by Gasteiger charge is -2.51. The van der Waals surface area contributed by atoms with Crippen LogP contribution in [-0.2, 0) is 52.3 Å². The van der Waals surface area contributed by atoms with Gasteiger partial charge in [-0.05, 0) is 20.3 Å². The van der Waals surface area contributed by atoms with Gasteiger partial charge in [-0.3, -0.25) is 9.59 Å². The van der Waals surface area contributed by atoms with E-state index in [0.717, 1.165) is 6.92 Å². The minimum Gasteiger partial charge on any atom is -0.477 e. The van der Waals surface area contributed by atoms with E-state index in [0.29, 0.717) is 6.42 Å². The van der Waals surface area contributed by atoms with Crippen molar-refractivity contribution in [1.29, 1.82) is 0 Å². The van der Waals surface area contributed by atoms with E-state index in [2.05, 4.69) is 10.6 Å². The average molecular weight is 877 g/mol. The van der Waals surface area contributed by atoms with Crippen molar-refractivity contribution in [3.63, 3.8) is 0 Å². The quantitative estimate of drug-likeness (QED) is 0.0608. The molecule has 25 heteroatoms. The molecule has 4 rings (SSSR count). The molecule has 0 aromatic carbocycles. The van der Waals surface area contributed by atoms with Crippen molar-refractivity contribution < 1.29 is 114 Å². The monoisotopic (exact) mass is 876 g/mol. The molecule has 0 aromatic rings. The van der Waals surface area contributed by atoms with Crippen LogP contribution < -0.4 is 10.6 Å². The van der Waals surface area contributed by atoms with Crippen molar-refractivity contribution >= 4 is 17.8 Å². The number of amides is 2. The Hall–Kier alpha value is -2.35. The minimum atomic E-state index is -3.10. The maximum Gasteiger partial charge on any atom is 0.364 e. The summed E-state index contributed by atoms with van der Waals surface area (Å²) in [5.41, 5.74) is 0. The lowest BCUT2D eigenvalue weighted by molar-refractivity contribution is -0.391. The van der Waals surface area contributed by atoms with E-state index >= 15 is 0 Å². The second kappa shape index (κ2) is 21.8. The molecule has 60 heavy (non-hydrogen) atoms. The molecule has 348 valence electrons. The number of carboxylic acids is 1. The second-order valence-electron chi connectivity index (χ2n) is 15.1. The predicted molar refractivity (Wildman–Crippen MR) is 192 cm³/mol. The molecule has 4 aliphatic heterocycles. The zero-order valence-corrected chi connectivity index (χ0v) is 33.4. The van der Waals surface area contributed by atoms with Crippen LogP contribution in [0.4, 0.5) is 0 Å². The van der Waals surface area contributed by atoms with Crippen molar-refractivity contribution in [2.75, 3.05) is 26.4 Å². The summed E-state index contributed by atoms with van der Waals surface area (Å²) >= 11 is 0. The third kappa shape index (κ3) is 11.0. The van der Waals surface area contributed by atoms with Crippen molar-refractivity contribution in [3.05, 3.63) is 0 Å². The summed E-state index contributed by atoms with van der Waals surface area (Å²) in [6.07, 6.45) is -33.5. The average Bonchev–Trinajstić information content (AvgIpc) is 3.20. The maximum atomic E-state index is 13.1. The summed E-state index contributed by atoms with van der Waals surface area (Å²) in [5.74, 6) is -6.43. The van der Waals surface area contributed by atoms with Gasteiger partial charge in [0.15, 0.2) is 18.9 Å². The van der Waals surface area contributed by atoms with Crippen LogP contribution in [0.3, 0.4) is 0 Å². The summed E-state index contributed by atoms with van der Waals surface area (Å²) in [5, 5.41) is 133.